The molecular formula is C25H39N5O. The fourth-order valence-corrected chi connectivity index (χ4v) is 4.11. The summed E-state index contributed by atoms with van der Waals surface area (Å²) in [6.45, 7) is 16.5. The molecule has 0 atom stereocenters. The van der Waals surface area contributed by atoms with E-state index in [9.17, 15) is 0 Å². The summed E-state index contributed by atoms with van der Waals surface area (Å²) in [6.07, 6.45) is 3.06. The summed E-state index contributed by atoms with van der Waals surface area (Å²) in [5, 5.41) is 11.1. The molecular weight excluding hydrogens is 386 g/mol. The third-order valence-electron chi connectivity index (χ3n) is 6.09. The van der Waals surface area contributed by atoms with Crippen molar-refractivity contribution in [3.8, 4) is 0 Å². The Hall–Kier alpha value is -2.50. The van der Waals surface area contributed by atoms with Crippen molar-refractivity contribution in [1.82, 2.24) is 15.8 Å². The molecule has 0 bridgehead atoms. The van der Waals surface area contributed by atoms with E-state index < -0.39 is 0 Å². The van der Waals surface area contributed by atoms with Crippen LogP contribution in [0, 0.1) is 13.8 Å². The van der Waals surface area contributed by atoms with Crippen LogP contribution in [0.15, 0.2) is 33.8 Å². The molecule has 1 aliphatic rings. The molecule has 2 N–H and O–H groups in total. The highest BCUT2D eigenvalue weighted by atomic mass is 16.5. The van der Waals surface area contributed by atoms with Gasteiger partial charge in [0.1, 0.15) is 5.76 Å². The molecule has 1 fully saturated rings. The zero-order chi connectivity index (χ0) is 22.4. The fourth-order valence-electron chi connectivity index (χ4n) is 4.11. The zero-order valence-electron chi connectivity index (χ0n) is 20.1. The molecule has 3 rings (SSSR count). The minimum atomic E-state index is 0.197. The number of nitrogens with one attached hydrogen (secondary N) is 2. The lowest BCUT2D eigenvalue weighted by Gasteiger charge is -2.35. The number of benzene rings is 1. The lowest BCUT2D eigenvalue weighted by atomic mass is 9.87. The van der Waals surface area contributed by atoms with E-state index in [1.165, 1.54) is 16.8 Å². The molecule has 2 heterocycles. The summed E-state index contributed by atoms with van der Waals surface area (Å²) >= 11 is 0. The highest BCUT2D eigenvalue weighted by molar-refractivity contribution is 5.80. The van der Waals surface area contributed by atoms with Crippen molar-refractivity contribution in [3.05, 3.63) is 46.8 Å². The smallest absolute Gasteiger partial charge is 0.191 e. The maximum absolute atomic E-state index is 5.26. The highest BCUT2D eigenvalue weighted by Gasteiger charge is 2.21. The van der Waals surface area contributed by atoms with Crippen LogP contribution in [0.1, 0.15) is 63.1 Å². The van der Waals surface area contributed by atoms with E-state index in [0.717, 1.165) is 62.9 Å². The predicted octanol–water partition coefficient (Wildman–Crippen LogP) is 4.36. The van der Waals surface area contributed by atoms with E-state index >= 15 is 0 Å². The van der Waals surface area contributed by atoms with Gasteiger partial charge in [-0.3, -0.25) is 4.99 Å². The standard InChI is InChI=1S/C25H39N5O/c1-7-26-24(27-15-12-23-18(2)29-31-19(23)3)28-21-13-16-30(17-14-21)22-10-8-20(9-11-22)25(4,5)6/h8-11,21H,7,12-17H2,1-6H3,(H2,26,27,28). The van der Waals surface area contributed by atoms with Crippen molar-refractivity contribution in [2.45, 2.75) is 72.3 Å². The van der Waals surface area contributed by atoms with Crippen molar-refractivity contribution >= 4 is 11.6 Å². The third kappa shape index (κ3) is 6.25. The average molecular weight is 426 g/mol. The molecule has 0 saturated carbocycles. The number of nitrogens with zero attached hydrogens (tertiary/aromatic N) is 3. The van der Waals surface area contributed by atoms with Crippen molar-refractivity contribution < 1.29 is 4.52 Å². The SMILES string of the molecule is CCNC(=NCCc1c(C)noc1C)NC1CCN(c2ccc(C(C)(C)C)cc2)CC1. The zero-order valence-corrected chi connectivity index (χ0v) is 20.1. The lowest BCUT2D eigenvalue weighted by Crippen LogP contribution is -2.48. The van der Waals surface area contributed by atoms with Gasteiger partial charge in [-0.2, -0.15) is 0 Å². The van der Waals surface area contributed by atoms with Gasteiger partial charge in [0, 0.05) is 43.5 Å². The molecule has 0 radical (unpaired) electrons. The molecule has 1 aromatic carbocycles. The molecule has 0 amide bonds. The van der Waals surface area contributed by atoms with E-state index in [-0.39, 0.29) is 5.41 Å². The first kappa shape index (κ1) is 23.2. The highest BCUT2D eigenvalue weighted by Crippen LogP contribution is 2.26. The normalized spacial score (nSPS) is 15.9. The monoisotopic (exact) mass is 425 g/mol. The Morgan fingerprint density at radius 3 is 2.39 bits per heavy atom. The molecule has 0 unspecified atom stereocenters. The van der Waals surface area contributed by atoms with Gasteiger partial charge in [0.25, 0.3) is 0 Å². The Kier molecular flexibility index (Phi) is 7.63. The summed E-state index contributed by atoms with van der Waals surface area (Å²) in [4.78, 5) is 7.28. The van der Waals surface area contributed by atoms with Crippen LogP contribution in [0.5, 0.6) is 0 Å². The quantitative estimate of drug-likeness (QED) is 0.532. The molecule has 31 heavy (non-hydrogen) atoms. The predicted molar refractivity (Wildman–Crippen MR) is 129 cm³/mol. The summed E-state index contributed by atoms with van der Waals surface area (Å²) in [5.41, 5.74) is 5.05. The molecule has 1 saturated heterocycles. The van der Waals surface area contributed by atoms with E-state index in [4.69, 9.17) is 9.52 Å². The van der Waals surface area contributed by atoms with Crippen LogP contribution in [-0.4, -0.2) is 43.3 Å². The third-order valence-corrected chi connectivity index (χ3v) is 6.09. The molecule has 1 aliphatic heterocycles. The number of guanidine groups is 1. The Balaban J connectivity index is 1.51. The van der Waals surface area contributed by atoms with Gasteiger partial charge in [-0.25, -0.2) is 0 Å². The average Bonchev–Trinajstić information content (AvgIpc) is 3.06. The summed E-state index contributed by atoms with van der Waals surface area (Å²) in [7, 11) is 0. The van der Waals surface area contributed by atoms with Gasteiger partial charge >= 0.3 is 0 Å². The first-order valence-electron chi connectivity index (χ1n) is 11.6. The number of aliphatic imine (C=N–C) groups is 1. The van der Waals surface area contributed by atoms with Crippen LogP contribution < -0.4 is 15.5 Å². The Labute approximate surface area is 187 Å². The molecule has 1 aromatic heterocycles. The van der Waals surface area contributed by atoms with Gasteiger partial charge in [0.15, 0.2) is 5.96 Å². The van der Waals surface area contributed by atoms with Crippen LogP contribution >= 0.6 is 0 Å². The maximum Gasteiger partial charge on any atom is 0.191 e. The Morgan fingerprint density at radius 1 is 1.16 bits per heavy atom. The topological polar surface area (TPSA) is 65.7 Å². The van der Waals surface area contributed by atoms with Crippen molar-refractivity contribution in [1.29, 1.82) is 0 Å². The van der Waals surface area contributed by atoms with Gasteiger partial charge in [0.2, 0.25) is 0 Å². The summed E-state index contributed by atoms with van der Waals surface area (Å²) in [6, 6.07) is 9.54. The largest absolute Gasteiger partial charge is 0.371 e. The summed E-state index contributed by atoms with van der Waals surface area (Å²) in [5.74, 6) is 1.80. The first-order valence-corrected chi connectivity index (χ1v) is 11.6. The lowest BCUT2D eigenvalue weighted by molar-refractivity contribution is 0.392. The van der Waals surface area contributed by atoms with E-state index in [1.54, 1.807) is 0 Å². The number of piperidine rings is 1. The van der Waals surface area contributed by atoms with E-state index in [1.807, 2.05) is 13.8 Å². The molecule has 0 aliphatic carbocycles. The van der Waals surface area contributed by atoms with Gasteiger partial charge < -0.3 is 20.1 Å². The van der Waals surface area contributed by atoms with Crippen molar-refractivity contribution in [2.75, 3.05) is 31.1 Å². The van der Waals surface area contributed by atoms with E-state index in [0.29, 0.717) is 6.04 Å². The molecule has 2 aromatic rings. The second-order valence-electron chi connectivity index (χ2n) is 9.52. The number of anilines is 1. The number of hydrogen-bond donors (Lipinski definition) is 2. The Bertz CT molecular complexity index is 836. The van der Waals surface area contributed by atoms with Crippen molar-refractivity contribution in [2.24, 2.45) is 4.99 Å². The van der Waals surface area contributed by atoms with Gasteiger partial charge in [-0.1, -0.05) is 38.1 Å². The number of aryl methyl sites for hydroxylation is 2. The number of rotatable bonds is 6. The van der Waals surface area contributed by atoms with Gasteiger partial charge in [-0.05, 0) is 63.1 Å². The molecule has 170 valence electrons. The fraction of sp³-hybridized carbons (Fsp3) is 0.600. The van der Waals surface area contributed by atoms with Crippen LogP contribution in [-0.2, 0) is 11.8 Å². The second kappa shape index (κ2) is 10.2. The molecule has 0 spiro atoms. The molecule has 6 heteroatoms. The maximum atomic E-state index is 5.26. The van der Waals surface area contributed by atoms with Gasteiger partial charge in [0.05, 0.1) is 5.69 Å². The number of aromatic nitrogens is 1. The second-order valence-corrected chi connectivity index (χ2v) is 9.52. The number of hydrogen-bond acceptors (Lipinski definition) is 4. The van der Waals surface area contributed by atoms with Crippen LogP contribution in [0.3, 0.4) is 0 Å². The van der Waals surface area contributed by atoms with E-state index in [2.05, 4.69) is 72.7 Å². The molecule has 6 nitrogen and oxygen atoms in total. The van der Waals surface area contributed by atoms with Crippen LogP contribution in [0.4, 0.5) is 5.69 Å². The minimum Gasteiger partial charge on any atom is -0.371 e. The van der Waals surface area contributed by atoms with Crippen molar-refractivity contribution in [3.63, 3.8) is 0 Å². The first-order chi connectivity index (χ1) is 14.8. The van der Waals surface area contributed by atoms with Gasteiger partial charge in [-0.15, -0.1) is 0 Å². The summed E-state index contributed by atoms with van der Waals surface area (Å²) < 4.78 is 5.26. The Morgan fingerprint density at radius 2 is 1.84 bits per heavy atom. The van der Waals surface area contributed by atoms with Crippen LogP contribution in [0.2, 0.25) is 0 Å². The van der Waals surface area contributed by atoms with Crippen LogP contribution in [0.25, 0.3) is 0 Å². The minimum absolute atomic E-state index is 0.197.